The fourth-order valence-electron chi connectivity index (χ4n) is 2.90. The van der Waals surface area contributed by atoms with Gasteiger partial charge in [-0.1, -0.05) is 6.92 Å². The molecule has 1 aliphatic heterocycles. The third-order valence-electron chi connectivity index (χ3n) is 4.12. The number of rotatable bonds is 7. The molecule has 0 aromatic carbocycles. The minimum Gasteiger partial charge on any atom is -0.465 e. The van der Waals surface area contributed by atoms with Crippen molar-refractivity contribution >= 4 is 0 Å². The maximum absolute atomic E-state index is 5.89. The second kappa shape index (κ2) is 7.25. The van der Waals surface area contributed by atoms with Crippen LogP contribution in [-0.4, -0.2) is 37.2 Å². The summed E-state index contributed by atoms with van der Waals surface area (Å²) in [4.78, 5) is 2.35. The Bertz CT molecular complexity index is 417. The molecule has 2 rings (SSSR count). The van der Waals surface area contributed by atoms with Crippen molar-refractivity contribution in [1.82, 2.24) is 10.2 Å². The van der Waals surface area contributed by atoms with E-state index in [1.165, 1.54) is 5.56 Å². The molecule has 0 bridgehead atoms. The summed E-state index contributed by atoms with van der Waals surface area (Å²) in [6.07, 6.45) is 2.59. The average molecular weight is 280 g/mol. The van der Waals surface area contributed by atoms with Gasteiger partial charge in [0.2, 0.25) is 0 Å². The van der Waals surface area contributed by atoms with Gasteiger partial charge in [0, 0.05) is 24.8 Å². The zero-order valence-electron chi connectivity index (χ0n) is 13.2. The second-order valence-corrected chi connectivity index (χ2v) is 5.82. The van der Waals surface area contributed by atoms with Gasteiger partial charge in [0.15, 0.2) is 0 Å². The number of nitrogens with zero attached hydrogens (tertiary/aromatic N) is 1. The van der Waals surface area contributed by atoms with Crippen molar-refractivity contribution in [2.75, 3.05) is 20.2 Å². The molecule has 4 heteroatoms. The Morgan fingerprint density at radius 2 is 2.25 bits per heavy atom. The first kappa shape index (κ1) is 15.5. The van der Waals surface area contributed by atoms with Crippen LogP contribution in [-0.2, 0) is 17.8 Å². The molecule has 1 N–H and O–H groups in total. The first-order valence-corrected chi connectivity index (χ1v) is 7.72. The lowest BCUT2D eigenvalue weighted by Gasteiger charge is -2.25. The zero-order chi connectivity index (χ0) is 14.5. The van der Waals surface area contributed by atoms with Gasteiger partial charge in [-0.25, -0.2) is 0 Å². The third kappa shape index (κ3) is 3.84. The van der Waals surface area contributed by atoms with Gasteiger partial charge >= 0.3 is 0 Å². The van der Waals surface area contributed by atoms with Gasteiger partial charge in [-0.2, -0.15) is 0 Å². The van der Waals surface area contributed by atoms with Crippen molar-refractivity contribution in [2.24, 2.45) is 0 Å². The number of aryl methyl sites for hydroxylation is 1. The summed E-state index contributed by atoms with van der Waals surface area (Å²) in [6, 6.07) is 2.69. The fourth-order valence-corrected chi connectivity index (χ4v) is 2.90. The Hall–Kier alpha value is -0.840. The fraction of sp³-hybridized carbons (Fsp3) is 0.750. The highest BCUT2D eigenvalue weighted by Gasteiger charge is 2.28. The number of nitrogens with one attached hydrogen (secondary N) is 1. The van der Waals surface area contributed by atoms with E-state index in [1.807, 2.05) is 6.92 Å². The molecule has 1 aromatic heterocycles. The summed E-state index contributed by atoms with van der Waals surface area (Å²) in [5.41, 5.74) is 1.28. The van der Waals surface area contributed by atoms with E-state index < -0.39 is 0 Å². The van der Waals surface area contributed by atoms with E-state index in [0.29, 0.717) is 12.1 Å². The highest BCUT2D eigenvalue weighted by atomic mass is 16.5. The van der Waals surface area contributed by atoms with Crippen LogP contribution in [0, 0.1) is 6.92 Å². The summed E-state index contributed by atoms with van der Waals surface area (Å²) >= 11 is 0. The van der Waals surface area contributed by atoms with Gasteiger partial charge in [0.25, 0.3) is 0 Å². The largest absolute Gasteiger partial charge is 0.465 e. The Balaban J connectivity index is 1.90. The van der Waals surface area contributed by atoms with Gasteiger partial charge in [0.1, 0.15) is 11.5 Å². The van der Waals surface area contributed by atoms with Crippen molar-refractivity contribution in [3.63, 3.8) is 0 Å². The van der Waals surface area contributed by atoms with Crippen LogP contribution in [0.4, 0.5) is 0 Å². The van der Waals surface area contributed by atoms with E-state index in [4.69, 9.17) is 9.15 Å². The van der Waals surface area contributed by atoms with E-state index in [2.05, 4.69) is 37.2 Å². The highest BCUT2D eigenvalue weighted by molar-refractivity contribution is 5.20. The Kier molecular flexibility index (Phi) is 5.64. The molecule has 1 saturated heterocycles. The third-order valence-corrected chi connectivity index (χ3v) is 4.12. The molecule has 2 unspecified atom stereocenters. The van der Waals surface area contributed by atoms with Crippen molar-refractivity contribution in [3.8, 4) is 0 Å². The average Bonchev–Trinajstić information content (AvgIpc) is 2.97. The number of ether oxygens (including phenoxy) is 1. The summed E-state index contributed by atoms with van der Waals surface area (Å²) < 4.78 is 11.5. The number of hydrogen-bond acceptors (Lipinski definition) is 4. The van der Waals surface area contributed by atoms with Crippen molar-refractivity contribution in [1.29, 1.82) is 0 Å². The molecule has 0 aliphatic carbocycles. The maximum atomic E-state index is 5.89. The van der Waals surface area contributed by atoms with Gasteiger partial charge < -0.3 is 14.5 Å². The van der Waals surface area contributed by atoms with Crippen molar-refractivity contribution < 1.29 is 9.15 Å². The number of furan rings is 1. The van der Waals surface area contributed by atoms with Crippen LogP contribution in [0.1, 0.15) is 43.8 Å². The minimum atomic E-state index is 0.321. The first-order valence-electron chi connectivity index (χ1n) is 7.72. The smallest absolute Gasteiger partial charge is 0.118 e. The Morgan fingerprint density at radius 1 is 1.45 bits per heavy atom. The molecule has 1 fully saturated rings. The molecule has 2 heterocycles. The van der Waals surface area contributed by atoms with E-state index in [0.717, 1.165) is 50.6 Å². The molecular formula is C16H28N2O2. The van der Waals surface area contributed by atoms with E-state index in [-0.39, 0.29) is 0 Å². The molecule has 114 valence electrons. The molecule has 20 heavy (non-hydrogen) atoms. The molecule has 2 atom stereocenters. The summed E-state index contributed by atoms with van der Waals surface area (Å²) in [5, 5.41) is 3.43. The molecule has 0 saturated carbocycles. The molecule has 0 amide bonds. The minimum absolute atomic E-state index is 0.321. The quantitative estimate of drug-likeness (QED) is 0.779. The molecule has 0 radical (unpaired) electrons. The predicted octanol–water partition coefficient (Wildman–Crippen LogP) is 2.70. The van der Waals surface area contributed by atoms with Gasteiger partial charge in [-0.05, 0) is 46.3 Å². The van der Waals surface area contributed by atoms with Crippen LogP contribution in [0.3, 0.4) is 0 Å². The highest BCUT2D eigenvalue weighted by Crippen LogP contribution is 2.22. The topological polar surface area (TPSA) is 37.6 Å². The van der Waals surface area contributed by atoms with Crippen molar-refractivity contribution in [3.05, 3.63) is 23.2 Å². The maximum Gasteiger partial charge on any atom is 0.118 e. The molecule has 4 nitrogen and oxygen atoms in total. The van der Waals surface area contributed by atoms with Crippen LogP contribution in [0.25, 0.3) is 0 Å². The van der Waals surface area contributed by atoms with Gasteiger partial charge in [-0.3, -0.25) is 4.90 Å². The molecule has 0 spiro atoms. The standard InChI is InChI=1S/C16H28N2O2/c1-5-7-17-10-14-9-15(20-12(14)2)11-18(4)16-6-8-19-13(16)3/h9,13,16-17H,5-8,10-11H2,1-4H3. The summed E-state index contributed by atoms with van der Waals surface area (Å²) in [5.74, 6) is 2.09. The van der Waals surface area contributed by atoms with Gasteiger partial charge in [0.05, 0.1) is 12.6 Å². The lowest BCUT2D eigenvalue weighted by Crippen LogP contribution is -2.36. The lowest BCUT2D eigenvalue weighted by molar-refractivity contribution is 0.0791. The SMILES string of the molecule is CCCNCc1cc(CN(C)C2CCOC2C)oc1C. The summed E-state index contributed by atoms with van der Waals surface area (Å²) in [7, 11) is 2.16. The zero-order valence-corrected chi connectivity index (χ0v) is 13.2. The van der Waals surface area contributed by atoms with Crippen LogP contribution in [0.5, 0.6) is 0 Å². The Morgan fingerprint density at radius 3 is 2.90 bits per heavy atom. The molecular weight excluding hydrogens is 252 g/mol. The number of likely N-dealkylation sites (N-methyl/N-ethyl adjacent to an activating group) is 1. The van der Waals surface area contributed by atoms with Crippen molar-refractivity contribution in [2.45, 2.75) is 58.8 Å². The molecule has 1 aromatic rings. The number of hydrogen-bond donors (Lipinski definition) is 1. The Labute approximate surface area is 122 Å². The summed E-state index contributed by atoms with van der Waals surface area (Å²) in [6.45, 7) is 10.1. The predicted molar refractivity (Wildman–Crippen MR) is 80.7 cm³/mol. The normalized spacial score (nSPS) is 22.9. The van der Waals surface area contributed by atoms with E-state index in [9.17, 15) is 0 Å². The van der Waals surface area contributed by atoms with Gasteiger partial charge in [-0.15, -0.1) is 0 Å². The first-order chi connectivity index (χ1) is 9.61. The monoisotopic (exact) mass is 280 g/mol. The molecule has 1 aliphatic rings. The second-order valence-electron chi connectivity index (χ2n) is 5.82. The van der Waals surface area contributed by atoms with E-state index >= 15 is 0 Å². The van der Waals surface area contributed by atoms with Crippen LogP contribution in [0.15, 0.2) is 10.5 Å². The van der Waals surface area contributed by atoms with Crippen LogP contribution >= 0.6 is 0 Å². The van der Waals surface area contributed by atoms with Crippen LogP contribution in [0.2, 0.25) is 0 Å². The van der Waals surface area contributed by atoms with Crippen LogP contribution < -0.4 is 5.32 Å². The van der Waals surface area contributed by atoms with E-state index in [1.54, 1.807) is 0 Å². The lowest BCUT2D eigenvalue weighted by atomic mass is 10.1.